The number of rotatable bonds is 7. The summed E-state index contributed by atoms with van der Waals surface area (Å²) in [7, 11) is 0. The molecule has 5 N–H and O–H groups in total. The van der Waals surface area contributed by atoms with E-state index in [0.29, 0.717) is 30.8 Å². The van der Waals surface area contributed by atoms with Crippen LogP contribution in [0, 0.1) is 0 Å². The minimum atomic E-state index is -0.302. The van der Waals surface area contributed by atoms with E-state index >= 15 is 0 Å². The van der Waals surface area contributed by atoms with E-state index in [1.165, 1.54) is 0 Å². The Morgan fingerprint density at radius 3 is 2.27 bits per heavy atom. The van der Waals surface area contributed by atoms with Gasteiger partial charge in [-0.05, 0) is 37.6 Å². The lowest BCUT2D eigenvalue weighted by Crippen LogP contribution is -2.28. The Bertz CT molecular complexity index is 489. The van der Waals surface area contributed by atoms with Crippen LogP contribution in [0.15, 0.2) is 36.9 Å². The van der Waals surface area contributed by atoms with Crippen LogP contribution in [0.5, 0.6) is 0 Å². The van der Waals surface area contributed by atoms with Crippen molar-refractivity contribution in [3.05, 3.63) is 36.9 Å². The Morgan fingerprint density at radius 1 is 1.23 bits per heavy atom. The summed E-state index contributed by atoms with van der Waals surface area (Å²) in [5.41, 5.74) is 6.93. The van der Waals surface area contributed by atoms with Crippen LogP contribution >= 0.6 is 12.4 Å². The summed E-state index contributed by atoms with van der Waals surface area (Å²) in [6.07, 6.45) is 2.64. The molecule has 1 aromatic carbocycles. The fraction of sp³-hybridized carbons (Fsp3) is 0.333. The van der Waals surface area contributed by atoms with E-state index in [4.69, 9.17) is 5.73 Å². The predicted molar refractivity (Wildman–Crippen MR) is 92.4 cm³/mol. The van der Waals surface area contributed by atoms with E-state index in [1.54, 1.807) is 30.3 Å². The Balaban J connectivity index is 0.00000441. The summed E-state index contributed by atoms with van der Waals surface area (Å²) < 4.78 is 0. The number of hydrogen-bond acceptors (Lipinski definition) is 3. The van der Waals surface area contributed by atoms with Gasteiger partial charge in [0, 0.05) is 30.4 Å². The van der Waals surface area contributed by atoms with Crippen LogP contribution in [0.25, 0.3) is 0 Å². The number of anilines is 2. The Kier molecular flexibility index (Phi) is 9.65. The molecule has 22 heavy (non-hydrogen) atoms. The summed E-state index contributed by atoms with van der Waals surface area (Å²) in [6.45, 7) is 5.78. The van der Waals surface area contributed by atoms with Crippen molar-refractivity contribution in [2.45, 2.75) is 25.8 Å². The lowest BCUT2D eigenvalue weighted by Gasteiger charge is -2.09. The molecule has 7 heteroatoms. The number of halogens is 1. The van der Waals surface area contributed by atoms with Gasteiger partial charge in [0.2, 0.25) is 5.91 Å². The number of amides is 3. The van der Waals surface area contributed by atoms with Crippen molar-refractivity contribution in [2.24, 2.45) is 5.73 Å². The maximum Gasteiger partial charge on any atom is 0.319 e. The van der Waals surface area contributed by atoms with E-state index in [-0.39, 0.29) is 30.4 Å². The molecule has 0 heterocycles. The number of urea groups is 1. The van der Waals surface area contributed by atoms with Gasteiger partial charge >= 0.3 is 6.03 Å². The van der Waals surface area contributed by atoms with Gasteiger partial charge in [-0.2, -0.15) is 0 Å². The second-order valence-corrected chi connectivity index (χ2v) is 4.77. The highest BCUT2D eigenvalue weighted by Gasteiger charge is 2.05. The molecular formula is C15H23ClN4O2. The normalized spacial score (nSPS) is 10.8. The van der Waals surface area contributed by atoms with E-state index in [1.807, 2.05) is 6.92 Å². The molecule has 3 amide bonds. The van der Waals surface area contributed by atoms with Crippen LogP contribution in [0.4, 0.5) is 16.2 Å². The first-order valence-electron chi connectivity index (χ1n) is 6.82. The van der Waals surface area contributed by atoms with Crippen molar-refractivity contribution >= 4 is 35.7 Å². The highest BCUT2D eigenvalue weighted by atomic mass is 35.5. The lowest BCUT2D eigenvalue weighted by atomic mass is 10.2. The minimum Gasteiger partial charge on any atom is -0.334 e. The van der Waals surface area contributed by atoms with Gasteiger partial charge in [-0.15, -0.1) is 19.0 Å². The maximum atomic E-state index is 11.6. The van der Waals surface area contributed by atoms with E-state index < -0.39 is 0 Å². The molecule has 0 saturated heterocycles. The number of nitrogens with one attached hydrogen (secondary N) is 3. The van der Waals surface area contributed by atoms with Gasteiger partial charge in [-0.1, -0.05) is 6.08 Å². The van der Waals surface area contributed by atoms with Gasteiger partial charge in [0.15, 0.2) is 0 Å². The van der Waals surface area contributed by atoms with Crippen molar-refractivity contribution in [2.75, 3.05) is 17.2 Å². The highest BCUT2D eigenvalue weighted by Crippen LogP contribution is 2.14. The van der Waals surface area contributed by atoms with Gasteiger partial charge in [0.25, 0.3) is 0 Å². The van der Waals surface area contributed by atoms with E-state index in [9.17, 15) is 9.59 Å². The van der Waals surface area contributed by atoms with Crippen molar-refractivity contribution < 1.29 is 9.59 Å². The number of carbonyl (C=O) groups excluding carboxylic acids is 2. The van der Waals surface area contributed by atoms with Crippen LogP contribution in [0.1, 0.15) is 19.8 Å². The van der Waals surface area contributed by atoms with Crippen molar-refractivity contribution in [1.82, 2.24) is 5.32 Å². The van der Waals surface area contributed by atoms with Gasteiger partial charge in [-0.25, -0.2) is 4.79 Å². The molecule has 1 atom stereocenters. The molecule has 0 aromatic heterocycles. The summed E-state index contributed by atoms with van der Waals surface area (Å²) in [5.74, 6) is -0.0725. The first kappa shape index (κ1) is 19.9. The molecule has 1 aromatic rings. The highest BCUT2D eigenvalue weighted by molar-refractivity contribution is 5.92. The zero-order valence-corrected chi connectivity index (χ0v) is 13.4. The molecule has 0 spiro atoms. The van der Waals surface area contributed by atoms with Gasteiger partial charge in [0.05, 0.1) is 0 Å². The molecule has 1 rings (SSSR count). The van der Waals surface area contributed by atoms with Gasteiger partial charge < -0.3 is 21.7 Å². The third kappa shape index (κ3) is 8.28. The van der Waals surface area contributed by atoms with Gasteiger partial charge in [-0.3, -0.25) is 4.79 Å². The van der Waals surface area contributed by atoms with E-state index in [2.05, 4.69) is 22.5 Å². The van der Waals surface area contributed by atoms with E-state index in [0.717, 1.165) is 0 Å². The second kappa shape index (κ2) is 10.6. The molecule has 0 aliphatic rings. The number of nitrogens with two attached hydrogens (primary N) is 1. The third-order valence-corrected chi connectivity index (χ3v) is 2.66. The molecule has 0 aliphatic carbocycles. The zero-order valence-electron chi connectivity index (χ0n) is 12.6. The molecule has 0 radical (unpaired) electrons. The van der Waals surface area contributed by atoms with Crippen LogP contribution in [0.3, 0.4) is 0 Å². The zero-order chi connectivity index (χ0) is 15.7. The summed E-state index contributed by atoms with van der Waals surface area (Å²) in [6, 6.07) is 6.60. The number of benzene rings is 1. The average Bonchev–Trinajstić information content (AvgIpc) is 2.45. The van der Waals surface area contributed by atoms with Crippen molar-refractivity contribution in [3.63, 3.8) is 0 Å². The molecule has 0 bridgehead atoms. The fourth-order valence-corrected chi connectivity index (χ4v) is 1.56. The topological polar surface area (TPSA) is 96.2 Å². The van der Waals surface area contributed by atoms with Crippen LogP contribution in [-0.2, 0) is 4.79 Å². The quantitative estimate of drug-likeness (QED) is 0.579. The fourth-order valence-electron chi connectivity index (χ4n) is 1.56. The summed E-state index contributed by atoms with van der Waals surface area (Å²) in [5, 5.41) is 8.05. The predicted octanol–water partition coefficient (Wildman–Crippen LogP) is 2.48. The monoisotopic (exact) mass is 326 g/mol. The molecule has 0 saturated carbocycles. The Labute approximate surface area is 136 Å². The van der Waals surface area contributed by atoms with Crippen molar-refractivity contribution in [3.8, 4) is 0 Å². The van der Waals surface area contributed by atoms with Crippen molar-refractivity contribution in [1.29, 1.82) is 0 Å². The SMILES string of the molecule is C=CCNC(=O)Nc1ccc(NC(=O)CCC(C)N)cc1.Cl. The van der Waals surface area contributed by atoms with Crippen LogP contribution in [0.2, 0.25) is 0 Å². The third-order valence-electron chi connectivity index (χ3n) is 2.66. The largest absolute Gasteiger partial charge is 0.334 e. The molecule has 122 valence electrons. The summed E-state index contributed by atoms with van der Waals surface area (Å²) in [4.78, 5) is 23.1. The van der Waals surface area contributed by atoms with Crippen LogP contribution < -0.4 is 21.7 Å². The van der Waals surface area contributed by atoms with Gasteiger partial charge in [0.1, 0.15) is 0 Å². The average molecular weight is 327 g/mol. The second-order valence-electron chi connectivity index (χ2n) is 4.77. The minimum absolute atomic E-state index is 0. The number of hydrogen-bond donors (Lipinski definition) is 4. The van der Waals surface area contributed by atoms with Crippen LogP contribution in [-0.4, -0.2) is 24.5 Å². The smallest absolute Gasteiger partial charge is 0.319 e. The lowest BCUT2D eigenvalue weighted by molar-refractivity contribution is -0.116. The molecule has 0 fully saturated rings. The Morgan fingerprint density at radius 2 is 1.77 bits per heavy atom. The molecule has 0 aliphatic heterocycles. The number of carbonyl (C=O) groups is 2. The molecule has 1 unspecified atom stereocenters. The first-order valence-corrected chi connectivity index (χ1v) is 6.82. The maximum absolute atomic E-state index is 11.6. The molecule has 6 nitrogen and oxygen atoms in total. The molecular weight excluding hydrogens is 304 g/mol. The Hall–Kier alpha value is -2.05. The standard InChI is InChI=1S/C15H22N4O2.ClH/c1-3-10-17-15(21)19-13-7-5-12(6-8-13)18-14(20)9-4-11(2)16;/h3,5-8,11H,1,4,9-10,16H2,2H3,(H,18,20)(H2,17,19,21);1H. The first-order chi connectivity index (χ1) is 10.0. The summed E-state index contributed by atoms with van der Waals surface area (Å²) >= 11 is 0.